The van der Waals surface area contributed by atoms with Gasteiger partial charge in [0.2, 0.25) is 0 Å². The summed E-state index contributed by atoms with van der Waals surface area (Å²) in [4.78, 5) is 12.2. The van der Waals surface area contributed by atoms with E-state index >= 15 is 0 Å². The number of hydrogen-bond acceptors (Lipinski definition) is 2. The zero-order valence-electron chi connectivity index (χ0n) is 16.8. The van der Waals surface area contributed by atoms with Crippen LogP contribution in [0.3, 0.4) is 0 Å². The number of carbonyl (C=O) groups is 1. The van der Waals surface area contributed by atoms with E-state index in [1.54, 1.807) is 0 Å². The molecular formula is C26H25NO2. The molecule has 0 saturated heterocycles. The van der Waals surface area contributed by atoms with Crippen LogP contribution in [0.25, 0.3) is 17.2 Å². The molecule has 1 N–H and O–H groups in total. The summed E-state index contributed by atoms with van der Waals surface area (Å²) < 4.78 is 5.55. The lowest BCUT2D eigenvalue weighted by Gasteiger charge is -2.14. The highest BCUT2D eigenvalue weighted by Crippen LogP contribution is 2.44. The Morgan fingerprint density at radius 1 is 0.931 bits per heavy atom. The van der Waals surface area contributed by atoms with Gasteiger partial charge in [-0.15, -0.1) is 0 Å². The average Bonchev–Trinajstić information content (AvgIpc) is 3.06. The van der Waals surface area contributed by atoms with E-state index in [0.29, 0.717) is 13.2 Å². The fraction of sp³-hybridized carbons (Fsp3) is 0.192. The fourth-order valence-electron chi connectivity index (χ4n) is 3.93. The molecular weight excluding hydrogens is 358 g/mol. The van der Waals surface area contributed by atoms with Gasteiger partial charge in [0.1, 0.15) is 6.61 Å². The molecule has 3 aromatic carbocycles. The third-order valence-corrected chi connectivity index (χ3v) is 5.65. The fourth-order valence-corrected chi connectivity index (χ4v) is 3.93. The quantitative estimate of drug-likeness (QED) is 0.600. The van der Waals surface area contributed by atoms with Crippen molar-refractivity contribution in [1.82, 2.24) is 5.32 Å². The molecule has 1 aliphatic carbocycles. The van der Waals surface area contributed by atoms with Crippen LogP contribution in [-0.4, -0.2) is 19.2 Å². The molecule has 0 fully saturated rings. The molecule has 0 atom stereocenters. The first-order valence-corrected chi connectivity index (χ1v) is 9.97. The van der Waals surface area contributed by atoms with E-state index in [-0.39, 0.29) is 5.92 Å². The Hall–Kier alpha value is -3.33. The van der Waals surface area contributed by atoms with Crippen LogP contribution in [0.2, 0.25) is 0 Å². The van der Waals surface area contributed by atoms with Crippen LogP contribution in [0.5, 0.6) is 0 Å². The van der Waals surface area contributed by atoms with Crippen molar-refractivity contribution in [2.45, 2.75) is 19.8 Å². The van der Waals surface area contributed by atoms with Crippen molar-refractivity contribution in [2.75, 3.05) is 13.2 Å². The summed E-state index contributed by atoms with van der Waals surface area (Å²) >= 11 is 0. The van der Waals surface area contributed by atoms with Crippen LogP contribution < -0.4 is 5.32 Å². The smallest absolute Gasteiger partial charge is 0.407 e. The van der Waals surface area contributed by atoms with Crippen LogP contribution in [0.1, 0.15) is 33.7 Å². The second-order valence-corrected chi connectivity index (χ2v) is 7.40. The minimum Gasteiger partial charge on any atom is -0.449 e. The molecule has 0 unspecified atom stereocenters. The molecule has 0 heterocycles. The predicted molar refractivity (Wildman–Crippen MR) is 118 cm³/mol. The van der Waals surface area contributed by atoms with Crippen LogP contribution >= 0.6 is 0 Å². The van der Waals surface area contributed by atoms with Gasteiger partial charge in [0.05, 0.1) is 0 Å². The molecule has 0 aromatic heterocycles. The number of hydrogen-bond donors (Lipinski definition) is 1. The van der Waals surface area contributed by atoms with E-state index in [0.717, 1.165) is 0 Å². The summed E-state index contributed by atoms with van der Waals surface area (Å²) in [6.07, 6.45) is 3.59. The number of nitrogens with one attached hydrogen (secondary N) is 1. The number of ether oxygens (including phenoxy) is 1. The molecule has 3 aromatic rings. The SMILES string of the molecule is Cc1cccc(C=CCNC(=O)OCC2c3ccccc3-c3ccccc32)c1C. The van der Waals surface area contributed by atoms with E-state index in [4.69, 9.17) is 4.74 Å². The molecule has 1 amide bonds. The molecule has 1 aliphatic rings. The van der Waals surface area contributed by atoms with Gasteiger partial charge in [-0.05, 0) is 52.8 Å². The van der Waals surface area contributed by atoms with Crippen molar-refractivity contribution in [3.63, 3.8) is 0 Å². The molecule has 146 valence electrons. The maximum absolute atomic E-state index is 12.2. The minimum absolute atomic E-state index is 0.0821. The van der Waals surface area contributed by atoms with Crippen LogP contribution in [-0.2, 0) is 4.74 Å². The Morgan fingerprint density at radius 2 is 1.59 bits per heavy atom. The van der Waals surface area contributed by atoms with E-state index in [1.807, 2.05) is 42.5 Å². The van der Waals surface area contributed by atoms with Gasteiger partial charge in [-0.3, -0.25) is 0 Å². The summed E-state index contributed by atoms with van der Waals surface area (Å²) in [7, 11) is 0. The maximum Gasteiger partial charge on any atom is 0.407 e. The average molecular weight is 383 g/mol. The Morgan fingerprint density at radius 3 is 2.28 bits per heavy atom. The first kappa shape index (κ1) is 19.0. The lowest BCUT2D eigenvalue weighted by molar-refractivity contribution is 0.144. The van der Waals surface area contributed by atoms with Gasteiger partial charge in [-0.25, -0.2) is 4.79 Å². The topological polar surface area (TPSA) is 38.3 Å². The Labute approximate surface area is 172 Å². The third-order valence-electron chi connectivity index (χ3n) is 5.65. The summed E-state index contributed by atoms with van der Waals surface area (Å²) in [5.41, 5.74) is 8.58. The van der Waals surface area contributed by atoms with Crippen LogP contribution in [0.4, 0.5) is 4.79 Å². The van der Waals surface area contributed by atoms with Gasteiger partial charge in [0.15, 0.2) is 0 Å². The monoisotopic (exact) mass is 383 g/mol. The Kier molecular flexibility index (Phi) is 5.48. The van der Waals surface area contributed by atoms with Gasteiger partial charge in [0, 0.05) is 12.5 Å². The largest absolute Gasteiger partial charge is 0.449 e. The van der Waals surface area contributed by atoms with Gasteiger partial charge in [-0.2, -0.15) is 0 Å². The van der Waals surface area contributed by atoms with Crippen molar-refractivity contribution in [1.29, 1.82) is 0 Å². The lowest BCUT2D eigenvalue weighted by Crippen LogP contribution is -2.26. The van der Waals surface area contributed by atoms with Crippen molar-refractivity contribution < 1.29 is 9.53 Å². The van der Waals surface area contributed by atoms with Gasteiger partial charge < -0.3 is 10.1 Å². The molecule has 3 nitrogen and oxygen atoms in total. The number of rotatable bonds is 5. The number of benzene rings is 3. The number of carbonyl (C=O) groups excluding carboxylic acids is 1. The first-order chi connectivity index (χ1) is 14.1. The van der Waals surface area contributed by atoms with Crippen molar-refractivity contribution in [3.8, 4) is 11.1 Å². The third kappa shape index (κ3) is 3.95. The Balaban J connectivity index is 1.34. The normalized spacial score (nSPS) is 12.6. The number of alkyl carbamates (subject to hydrolysis) is 1. The highest BCUT2D eigenvalue weighted by Gasteiger charge is 2.28. The molecule has 0 bridgehead atoms. The summed E-state index contributed by atoms with van der Waals surface area (Å²) in [6, 6.07) is 22.9. The summed E-state index contributed by atoms with van der Waals surface area (Å²) in [5.74, 6) is 0.0821. The number of fused-ring (bicyclic) bond motifs is 3. The minimum atomic E-state index is -0.391. The van der Waals surface area contributed by atoms with Crippen molar-refractivity contribution >= 4 is 12.2 Å². The predicted octanol–water partition coefficient (Wildman–Crippen LogP) is 5.86. The molecule has 4 rings (SSSR count). The number of aryl methyl sites for hydroxylation is 1. The van der Waals surface area contributed by atoms with Crippen LogP contribution in [0.15, 0.2) is 72.8 Å². The first-order valence-electron chi connectivity index (χ1n) is 9.97. The zero-order chi connectivity index (χ0) is 20.2. The van der Waals surface area contributed by atoms with Gasteiger partial charge in [0.25, 0.3) is 0 Å². The van der Waals surface area contributed by atoms with Gasteiger partial charge in [-0.1, -0.05) is 78.9 Å². The molecule has 3 heteroatoms. The van der Waals surface area contributed by atoms with Crippen LogP contribution in [0, 0.1) is 13.8 Å². The van der Waals surface area contributed by atoms with E-state index < -0.39 is 6.09 Å². The lowest BCUT2D eigenvalue weighted by atomic mass is 9.98. The highest BCUT2D eigenvalue weighted by atomic mass is 16.5. The second kappa shape index (κ2) is 8.36. The highest BCUT2D eigenvalue weighted by molar-refractivity contribution is 5.79. The molecule has 0 saturated carbocycles. The zero-order valence-corrected chi connectivity index (χ0v) is 16.8. The maximum atomic E-state index is 12.2. The molecule has 0 aliphatic heterocycles. The van der Waals surface area contributed by atoms with Crippen molar-refractivity contribution in [2.24, 2.45) is 0 Å². The molecule has 0 spiro atoms. The molecule has 29 heavy (non-hydrogen) atoms. The van der Waals surface area contributed by atoms with E-state index in [2.05, 4.69) is 55.6 Å². The van der Waals surface area contributed by atoms with E-state index in [1.165, 1.54) is 38.9 Å². The number of amides is 1. The second-order valence-electron chi connectivity index (χ2n) is 7.40. The van der Waals surface area contributed by atoms with E-state index in [9.17, 15) is 4.79 Å². The summed E-state index contributed by atoms with van der Waals surface area (Å²) in [6.45, 7) is 4.97. The summed E-state index contributed by atoms with van der Waals surface area (Å²) in [5, 5.41) is 2.81. The molecule has 0 radical (unpaired) electrons. The standard InChI is InChI=1S/C26H25NO2/c1-18-9-7-10-20(19(18)2)11-8-16-27-26(28)29-17-25-23-14-5-3-12-21(23)22-13-4-6-15-24(22)25/h3-15,25H,16-17H2,1-2H3,(H,27,28). The van der Waals surface area contributed by atoms with Crippen molar-refractivity contribution in [3.05, 3.63) is 101 Å². The van der Waals surface area contributed by atoms with Gasteiger partial charge >= 0.3 is 6.09 Å². The Bertz CT molecular complexity index is 1020.